The Morgan fingerprint density at radius 3 is 1.96 bits per heavy atom. The summed E-state index contributed by atoms with van der Waals surface area (Å²) in [7, 11) is 2.53. The molecule has 1 aliphatic heterocycles. The molecule has 0 amide bonds. The molecule has 3 rings (SSSR count). The second kappa shape index (κ2) is 8.85. The van der Waals surface area contributed by atoms with Crippen LogP contribution in [0.5, 0.6) is 0 Å². The van der Waals surface area contributed by atoms with Gasteiger partial charge in [-0.3, -0.25) is 4.90 Å². The van der Waals surface area contributed by atoms with Gasteiger partial charge in [-0.25, -0.2) is 0 Å². The summed E-state index contributed by atoms with van der Waals surface area (Å²) in [5.74, 6) is 1.01. The van der Waals surface area contributed by atoms with Gasteiger partial charge in [0.2, 0.25) is 0 Å². The number of hydrogen-bond donors (Lipinski definition) is 0. The largest absolute Gasteiger partial charge is 0.325 e. The van der Waals surface area contributed by atoms with E-state index in [9.17, 15) is 0 Å². The van der Waals surface area contributed by atoms with Crippen LogP contribution in [-0.4, -0.2) is 55.2 Å². The number of piperidine rings is 1. The van der Waals surface area contributed by atoms with Gasteiger partial charge in [0.05, 0.1) is 26.7 Å². The lowest BCUT2D eigenvalue weighted by molar-refractivity contribution is -0.913. The molecule has 0 aromatic rings. The summed E-state index contributed by atoms with van der Waals surface area (Å²) in [6.45, 7) is 7.06. The van der Waals surface area contributed by atoms with Gasteiger partial charge in [0.1, 0.15) is 0 Å². The zero-order valence-electron chi connectivity index (χ0n) is 15.8. The van der Waals surface area contributed by atoms with E-state index in [1.165, 1.54) is 121 Å². The zero-order valence-corrected chi connectivity index (χ0v) is 15.8. The molecule has 3 fully saturated rings. The van der Waals surface area contributed by atoms with E-state index in [2.05, 4.69) is 11.9 Å². The molecule has 0 unspecified atom stereocenters. The van der Waals surface area contributed by atoms with Crippen LogP contribution in [0.4, 0.5) is 0 Å². The molecule has 0 atom stereocenters. The SMILES string of the molecule is C[N+]1(CCN(CC2CCCCC2)C2CCCCC2)CCCCC1. The van der Waals surface area contributed by atoms with E-state index in [4.69, 9.17) is 0 Å². The van der Waals surface area contributed by atoms with Crippen molar-refractivity contribution in [3.63, 3.8) is 0 Å². The molecule has 0 bridgehead atoms. The van der Waals surface area contributed by atoms with Gasteiger partial charge in [0.25, 0.3) is 0 Å². The number of likely N-dealkylation sites (tertiary alicyclic amines) is 1. The maximum absolute atomic E-state index is 2.97. The molecule has 2 nitrogen and oxygen atoms in total. The maximum atomic E-state index is 2.97. The van der Waals surface area contributed by atoms with Gasteiger partial charge >= 0.3 is 0 Å². The van der Waals surface area contributed by atoms with Crippen molar-refractivity contribution in [2.45, 2.75) is 89.5 Å². The standard InChI is InChI=1S/C21H41N2/c1-23(16-9-4-10-17-23)18-15-22(21-13-7-3-8-14-21)19-20-11-5-2-6-12-20/h20-21H,2-19H2,1H3/q+1. The second-order valence-corrected chi connectivity index (χ2v) is 9.14. The van der Waals surface area contributed by atoms with Crippen LogP contribution >= 0.6 is 0 Å². The Bertz CT molecular complexity index is 323. The fourth-order valence-electron chi connectivity index (χ4n) is 5.44. The Balaban J connectivity index is 1.54. The lowest BCUT2D eigenvalue weighted by Crippen LogP contribution is -2.53. The van der Waals surface area contributed by atoms with E-state index >= 15 is 0 Å². The van der Waals surface area contributed by atoms with Crippen LogP contribution in [0.15, 0.2) is 0 Å². The highest BCUT2D eigenvalue weighted by molar-refractivity contribution is 4.79. The van der Waals surface area contributed by atoms with E-state index in [0.29, 0.717) is 0 Å². The predicted molar refractivity (Wildman–Crippen MR) is 99.7 cm³/mol. The van der Waals surface area contributed by atoms with Gasteiger partial charge in [-0.1, -0.05) is 38.5 Å². The molecule has 2 aliphatic carbocycles. The lowest BCUT2D eigenvalue weighted by Gasteiger charge is -2.42. The van der Waals surface area contributed by atoms with E-state index in [1.807, 2.05) is 0 Å². The predicted octanol–water partition coefficient (Wildman–Crippen LogP) is 4.83. The van der Waals surface area contributed by atoms with Gasteiger partial charge in [-0.05, 0) is 50.9 Å². The highest BCUT2D eigenvalue weighted by Gasteiger charge is 2.29. The van der Waals surface area contributed by atoms with Gasteiger partial charge in [0, 0.05) is 19.1 Å². The van der Waals surface area contributed by atoms with Crippen molar-refractivity contribution in [3.8, 4) is 0 Å². The topological polar surface area (TPSA) is 3.24 Å². The van der Waals surface area contributed by atoms with Crippen LogP contribution in [0.2, 0.25) is 0 Å². The van der Waals surface area contributed by atoms with E-state index in [1.54, 1.807) is 0 Å². The molecule has 1 saturated heterocycles. The summed E-state index contributed by atoms with van der Waals surface area (Å²) in [6.07, 6.45) is 19.3. The molecular weight excluding hydrogens is 280 g/mol. The third-order valence-electron chi connectivity index (χ3n) is 7.13. The molecule has 0 radical (unpaired) electrons. The van der Waals surface area contributed by atoms with Gasteiger partial charge in [-0.15, -0.1) is 0 Å². The zero-order chi connectivity index (χ0) is 16.0. The summed E-state index contributed by atoms with van der Waals surface area (Å²) in [4.78, 5) is 2.97. The number of quaternary nitrogens is 1. The highest BCUT2D eigenvalue weighted by atomic mass is 15.3. The van der Waals surface area contributed by atoms with Crippen molar-refractivity contribution in [3.05, 3.63) is 0 Å². The number of nitrogens with zero attached hydrogens (tertiary/aromatic N) is 2. The van der Waals surface area contributed by atoms with Crippen molar-refractivity contribution >= 4 is 0 Å². The number of rotatable bonds is 6. The smallest absolute Gasteiger partial charge is 0.0913 e. The van der Waals surface area contributed by atoms with Crippen LogP contribution in [0.1, 0.15) is 83.5 Å². The molecule has 0 spiro atoms. The first-order valence-corrected chi connectivity index (χ1v) is 10.8. The van der Waals surface area contributed by atoms with E-state index in [0.717, 1.165) is 12.0 Å². The summed E-state index contributed by atoms with van der Waals surface area (Å²) in [5.41, 5.74) is 0. The minimum Gasteiger partial charge on any atom is -0.325 e. The Morgan fingerprint density at radius 2 is 1.30 bits per heavy atom. The first-order valence-electron chi connectivity index (χ1n) is 10.8. The Morgan fingerprint density at radius 1 is 0.739 bits per heavy atom. The van der Waals surface area contributed by atoms with Crippen molar-refractivity contribution in [1.29, 1.82) is 0 Å². The summed E-state index contributed by atoms with van der Waals surface area (Å²) in [5, 5.41) is 0. The van der Waals surface area contributed by atoms with Crippen LogP contribution in [0.3, 0.4) is 0 Å². The molecule has 23 heavy (non-hydrogen) atoms. The molecule has 134 valence electrons. The minimum atomic E-state index is 0.919. The fourth-order valence-corrected chi connectivity index (χ4v) is 5.44. The Kier molecular flexibility index (Phi) is 6.83. The Labute approximate surface area is 145 Å². The number of hydrogen-bond acceptors (Lipinski definition) is 1. The quantitative estimate of drug-likeness (QED) is 0.633. The molecular formula is C21H41N2+. The second-order valence-electron chi connectivity index (χ2n) is 9.14. The minimum absolute atomic E-state index is 0.919. The monoisotopic (exact) mass is 321 g/mol. The van der Waals surface area contributed by atoms with Crippen molar-refractivity contribution in [2.75, 3.05) is 39.8 Å². The van der Waals surface area contributed by atoms with E-state index in [-0.39, 0.29) is 0 Å². The summed E-state index contributed by atoms with van der Waals surface area (Å²) < 4.78 is 1.36. The third-order valence-corrected chi connectivity index (χ3v) is 7.13. The lowest BCUT2D eigenvalue weighted by atomic mass is 9.87. The molecule has 1 heterocycles. The van der Waals surface area contributed by atoms with Crippen LogP contribution in [0.25, 0.3) is 0 Å². The highest BCUT2D eigenvalue weighted by Crippen LogP contribution is 2.29. The molecule has 3 aliphatic rings. The van der Waals surface area contributed by atoms with Crippen LogP contribution in [0, 0.1) is 5.92 Å². The van der Waals surface area contributed by atoms with Gasteiger partial charge in [-0.2, -0.15) is 0 Å². The average Bonchev–Trinajstić information content (AvgIpc) is 2.61. The summed E-state index contributed by atoms with van der Waals surface area (Å²) >= 11 is 0. The molecule has 0 N–H and O–H groups in total. The van der Waals surface area contributed by atoms with Crippen LogP contribution < -0.4 is 0 Å². The van der Waals surface area contributed by atoms with Crippen molar-refractivity contribution < 1.29 is 4.48 Å². The van der Waals surface area contributed by atoms with Gasteiger partial charge < -0.3 is 4.48 Å². The first kappa shape index (κ1) is 17.7. The van der Waals surface area contributed by atoms with E-state index < -0.39 is 0 Å². The maximum Gasteiger partial charge on any atom is 0.0913 e. The molecule has 2 saturated carbocycles. The fraction of sp³-hybridized carbons (Fsp3) is 1.00. The van der Waals surface area contributed by atoms with Gasteiger partial charge in [0.15, 0.2) is 0 Å². The van der Waals surface area contributed by atoms with Crippen molar-refractivity contribution in [2.24, 2.45) is 5.92 Å². The third kappa shape index (κ3) is 5.46. The normalized spacial score (nSPS) is 27.4. The van der Waals surface area contributed by atoms with Crippen LogP contribution in [-0.2, 0) is 0 Å². The van der Waals surface area contributed by atoms with Crippen molar-refractivity contribution in [1.82, 2.24) is 4.90 Å². The molecule has 2 heteroatoms. The average molecular weight is 322 g/mol. The number of likely N-dealkylation sites (N-methyl/N-ethyl adjacent to an activating group) is 1. The summed E-state index contributed by atoms with van der Waals surface area (Å²) in [6, 6.07) is 0.919. The molecule has 0 aromatic carbocycles. The molecule has 0 aromatic heterocycles. The first-order chi connectivity index (χ1) is 11.3. The Hall–Kier alpha value is -0.0800.